The summed E-state index contributed by atoms with van der Waals surface area (Å²) in [6.45, 7) is 1.43. The smallest absolute Gasteiger partial charge is 0.211 e. The molecule has 0 bridgehead atoms. The van der Waals surface area contributed by atoms with E-state index in [9.17, 15) is 0 Å². The van der Waals surface area contributed by atoms with Crippen molar-refractivity contribution in [1.82, 2.24) is 15.8 Å². The lowest BCUT2D eigenvalue weighted by Crippen LogP contribution is -2.37. The summed E-state index contributed by atoms with van der Waals surface area (Å²) in [5, 5.41) is 0.757. The Hall–Kier alpha value is -1.69. The lowest BCUT2D eigenvalue weighted by molar-refractivity contribution is 0.381. The van der Waals surface area contributed by atoms with Gasteiger partial charge in [-0.2, -0.15) is 0 Å². The Morgan fingerprint density at radius 2 is 2.00 bits per heavy atom. The number of aliphatic imine (C=N–C) groups is 1. The van der Waals surface area contributed by atoms with E-state index in [1.165, 1.54) is 10.5 Å². The Morgan fingerprint density at radius 3 is 2.91 bits per heavy atom. The van der Waals surface area contributed by atoms with Crippen molar-refractivity contribution in [2.45, 2.75) is 23.5 Å². The molecule has 2 heterocycles. The maximum Gasteiger partial charge on any atom is 0.211 e. The van der Waals surface area contributed by atoms with Crippen molar-refractivity contribution < 1.29 is 0 Å². The van der Waals surface area contributed by atoms with Gasteiger partial charge in [-0.15, -0.1) is 0 Å². The van der Waals surface area contributed by atoms with Crippen LogP contribution in [0.25, 0.3) is 0 Å². The highest BCUT2D eigenvalue weighted by molar-refractivity contribution is 8.00. The molecule has 1 fully saturated rings. The molecule has 112 valence electrons. The van der Waals surface area contributed by atoms with Crippen LogP contribution in [0.3, 0.4) is 0 Å². The van der Waals surface area contributed by atoms with Gasteiger partial charge in [0.05, 0.1) is 6.54 Å². The molecule has 1 unspecified atom stereocenters. The van der Waals surface area contributed by atoms with Crippen molar-refractivity contribution in [2.75, 3.05) is 0 Å². The van der Waals surface area contributed by atoms with E-state index in [-0.39, 0.29) is 5.50 Å². The summed E-state index contributed by atoms with van der Waals surface area (Å²) >= 11 is 7.99. The zero-order valence-corrected chi connectivity index (χ0v) is 13.4. The maximum atomic E-state index is 6.19. The quantitative estimate of drug-likeness (QED) is 0.887. The highest BCUT2D eigenvalue weighted by atomic mass is 35.5. The second kappa shape index (κ2) is 5.83. The fraction of sp³-hybridized carbons (Fsp3) is 0.188. The summed E-state index contributed by atoms with van der Waals surface area (Å²) in [6.07, 6.45) is 0. The SMILES string of the molecule is Clc1ccccc1CN=C1NNC2Sc3ccccc3CN12. The number of benzene rings is 2. The number of thioether (sulfide) groups is 1. The van der Waals surface area contributed by atoms with Crippen molar-refractivity contribution in [3.05, 3.63) is 64.7 Å². The lowest BCUT2D eigenvalue weighted by atomic mass is 10.2. The van der Waals surface area contributed by atoms with Crippen LogP contribution in [-0.4, -0.2) is 16.4 Å². The Morgan fingerprint density at radius 1 is 1.18 bits per heavy atom. The second-order valence-corrected chi connectivity index (χ2v) is 6.74. The van der Waals surface area contributed by atoms with E-state index in [0.717, 1.165) is 23.1 Å². The predicted octanol–water partition coefficient (Wildman–Crippen LogP) is 3.20. The topological polar surface area (TPSA) is 39.7 Å². The van der Waals surface area contributed by atoms with Crippen molar-refractivity contribution in [3.8, 4) is 0 Å². The summed E-state index contributed by atoms with van der Waals surface area (Å²) < 4.78 is 0. The normalized spacial score (nSPS) is 21.4. The molecular weight excluding hydrogens is 316 g/mol. The molecule has 0 aromatic heterocycles. The van der Waals surface area contributed by atoms with Crippen LogP contribution in [0.1, 0.15) is 11.1 Å². The average molecular weight is 331 g/mol. The third kappa shape index (κ3) is 2.56. The van der Waals surface area contributed by atoms with E-state index < -0.39 is 0 Å². The van der Waals surface area contributed by atoms with Gasteiger partial charge < -0.3 is 4.90 Å². The zero-order valence-electron chi connectivity index (χ0n) is 11.8. The van der Waals surface area contributed by atoms with Gasteiger partial charge in [-0.05, 0) is 23.3 Å². The molecule has 0 saturated carbocycles. The van der Waals surface area contributed by atoms with Crippen LogP contribution in [0.5, 0.6) is 0 Å². The molecule has 0 aliphatic carbocycles. The van der Waals surface area contributed by atoms with Gasteiger partial charge in [0.25, 0.3) is 0 Å². The standard InChI is InChI=1S/C16H15ClN4S/c17-13-7-3-1-5-11(13)9-18-15-19-20-16-21(15)10-12-6-2-4-8-14(12)22-16/h1-8,16,20H,9-10H2,(H,18,19). The van der Waals surface area contributed by atoms with Gasteiger partial charge >= 0.3 is 0 Å². The highest BCUT2D eigenvalue weighted by Crippen LogP contribution is 2.35. The first kappa shape index (κ1) is 13.9. The Labute approximate surface area is 138 Å². The first-order valence-corrected chi connectivity index (χ1v) is 8.37. The molecule has 0 amide bonds. The van der Waals surface area contributed by atoms with Crippen LogP contribution in [0.2, 0.25) is 5.02 Å². The number of fused-ring (bicyclic) bond motifs is 2. The predicted molar refractivity (Wildman–Crippen MR) is 90.5 cm³/mol. The minimum absolute atomic E-state index is 0.180. The molecular formula is C16H15ClN4S. The molecule has 2 aliphatic rings. The minimum Gasteiger partial charge on any atom is -0.311 e. The number of hydrogen-bond donors (Lipinski definition) is 2. The largest absolute Gasteiger partial charge is 0.311 e. The van der Waals surface area contributed by atoms with Gasteiger partial charge in [0.2, 0.25) is 5.96 Å². The molecule has 6 heteroatoms. The molecule has 22 heavy (non-hydrogen) atoms. The van der Waals surface area contributed by atoms with Gasteiger partial charge in [-0.3, -0.25) is 5.43 Å². The minimum atomic E-state index is 0.180. The number of halogens is 1. The van der Waals surface area contributed by atoms with Crippen LogP contribution < -0.4 is 10.9 Å². The molecule has 0 radical (unpaired) electrons. The lowest BCUT2D eigenvalue weighted by Gasteiger charge is -2.30. The molecule has 1 saturated heterocycles. The molecule has 4 nitrogen and oxygen atoms in total. The fourth-order valence-corrected chi connectivity index (χ4v) is 3.90. The number of nitrogens with one attached hydrogen (secondary N) is 2. The highest BCUT2D eigenvalue weighted by Gasteiger charge is 2.33. The van der Waals surface area contributed by atoms with Crippen LogP contribution in [-0.2, 0) is 13.1 Å². The third-order valence-corrected chi connectivity index (χ3v) is 5.39. The van der Waals surface area contributed by atoms with E-state index >= 15 is 0 Å². The van der Waals surface area contributed by atoms with Crippen molar-refractivity contribution in [1.29, 1.82) is 0 Å². The molecule has 4 rings (SSSR count). The molecule has 0 spiro atoms. The summed E-state index contributed by atoms with van der Waals surface area (Å²) in [6, 6.07) is 16.3. The van der Waals surface area contributed by atoms with Crippen molar-refractivity contribution >= 4 is 29.3 Å². The van der Waals surface area contributed by atoms with E-state index in [2.05, 4.69) is 45.0 Å². The Kier molecular flexibility index (Phi) is 3.70. The number of rotatable bonds is 2. The first-order valence-electron chi connectivity index (χ1n) is 7.12. The number of nitrogens with zero attached hydrogens (tertiary/aromatic N) is 2. The first-order chi connectivity index (χ1) is 10.8. The van der Waals surface area contributed by atoms with E-state index in [4.69, 9.17) is 11.6 Å². The van der Waals surface area contributed by atoms with Gasteiger partial charge in [0, 0.05) is 16.5 Å². The maximum absolute atomic E-state index is 6.19. The van der Waals surface area contributed by atoms with Crippen molar-refractivity contribution in [2.24, 2.45) is 4.99 Å². The summed E-state index contributed by atoms with van der Waals surface area (Å²) in [4.78, 5) is 8.25. The number of guanidine groups is 1. The average Bonchev–Trinajstić information content (AvgIpc) is 2.94. The zero-order chi connectivity index (χ0) is 14.9. The van der Waals surface area contributed by atoms with E-state index in [0.29, 0.717) is 6.54 Å². The van der Waals surface area contributed by atoms with Crippen LogP contribution in [0, 0.1) is 0 Å². The van der Waals surface area contributed by atoms with Gasteiger partial charge in [0.15, 0.2) is 5.50 Å². The summed E-state index contributed by atoms with van der Waals surface area (Å²) in [5.74, 6) is 0.868. The van der Waals surface area contributed by atoms with Gasteiger partial charge in [-0.25, -0.2) is 10.4 Å². The monoisotopic (exact) mass is 330 g/mol. The molecule has 2 aromatic rings. The van der Waals surface area contributed by atoms with Crippen molar-refractivity contribution in [3.63, 3.8) is 0 Å². The molecule has 2 N–H and O–H groups in total. The number of hydrazine groups is 1. The van der Waals surface area contributed by atoms with Gasteiger partial charge in [-0.1, -0.05) is 59.8 Å². The van der Waals surface area contributed by atoms with E-state index in [1.54, 1.807) is 11.8 Å². The van der Waals surface area contributed by atoms with Crippen LogP contribution in [0.15, 0.2) is 58.4 Å². The Balaban J connectivity index is 1.55. The second-order valence-electron chi connectivity index (χ2n) is 5.21. The van der Waals surface area contributed by atoms with E-state index in [1.807, 2.05) is 24.3 Å². The third-order valence-electron chi connectivity index (χ3n) is 3.77. The van der Waals surface area contributed by atoms with Gasteiger partial charge in [0.1, 0.15) is 0 Å². The van der Waals surface area contributed by atoms with Crippen LogP contribution in [0.4, 0.5) is 0 Å². The fourth-order valence-electron chi connectivity index (χ4n) is 2.61. The van der Waals surface area contributed by atoms with Crippen LogP contribution >= 0.6 is 23.4 Å². The molecule has 1 atom stereocenters. The molecule has 2 aliphatic heterocycles. The number of hydrogen-bond acceptors (Lipinski definition) is 3. The summed E-state index contributed by atoms with van der Waals surface area (Å²) in [7, 11) is 0. The molecule has 2 aromatic carbocycles. The Bertz CT molecular complexity index is 734. The summed E-state index contributed by atoms with van der Waals surface area (Å²) in [5.41, 5.74) is 9.01.